The van der Waals surface area contributed by atoms with Crippen molar-refractivity contribution in [2.24, 2.45) is 0 Å². The van der Waals surface area contributed by atoms with Crippen LogP contribution >= 0.6 is 0 Å². The predicted molar refractivity (Wildman–Crippen MR) is 99.1 cm³/mol. The number of aromatic nitrogens is 1. The number of carbonyl (C=O) groups is 1. The highest BCUT2D eigenvalue weighted by Gasteiger charge is 2.13. The Hall–Kier alpha value is -3.34. The summed E-state index contributed by atoms with van der Waals surface area (Å²) < 4.78 is 17.0. The molecule has 2 aromatic carbocycles. The molecule has 5 heteroatoms. The van der Waals surface area contributed by atoms with Crippen molar-refractivity contribution in [3.8, 4) is 23.0 Å². The Bertz CT molecular complexity index is 913. The van der Waals surface area contributed by atoms with Gasteiger partial charge in [-0.25, -0.2) is 4.98 Å². The minimum absolute atomic E-state index is 0.266. The molecule has 0 amide bonds. The second-order valence-corrected chi connectivity index (χ2v) is 5.58. The molecule has 0 aliphatic heterocycles. The molecular weight excluding hydrogens is 330 g/mol. The van der Waals surface area contributed by atoms with Gasteiger partial charge in [0.1, 0.15) is 24.3 Å². The van der Waals surface area contributed by atoms with Crippen molar-refractivity contribution in [2.75, 3.05) is 7.11 Å². The Labute approximate surface area is 151 Å². The molecule has 0 aliphatic rings. The van der Waals surface area contributed by atoms with Gasteiger partial charge in [-0.15, -0.1) is 0 Å². The van der Waals surface area contributed by atoms with Gasteiger partial charge < -0.3 is 13.9 Å². The number of methoxy groups -OCH3 is 1. The fourth-order valence-corrected chi connectivity index (χ4v) is 2.47. The largest absolute Gasteiger partial charge is 0.493 e. The second kappa shape index (κ2) is 8.16. The van der Waals surface area contributed by atoms with Crippen LogP contribution < -0.4 is 9.47 Å². The van der Waals surface area contributed by atoms with E-state index < -0.39 is 0 Å². The Kier molecular flexibility index (Phi) is 5.49. The summed E-state index contributed by atoms with van der Waals surface area (Å²) in [7, 11) is 1.57. The molecule has 0 atom stereocenters. The molecule has 3 aromatic rings. The fraction of sp³-hybridized carbons (Fsp3) is 0.143. The minimum Gasteiger partial charge on any atom is -0.493 e. The lowest BCUT2D eigenvalue weighted by Crippen LogP contribution is -1.99. The van der Waals surface area contributed by atoms with E-state index in [9.17, 15) is 4.79 Å². The summed E-state index contributed by atoms with van der Waals surface area (Å²) in [6, 6.07) is 15.2. The number of hydrogen-bond donors (Lipinski definition) is 0. The normalized spacial score (nSPS) is 10.8. The standard InChI is InChI=1S/C21H19NO4/c1-15-18(22-21(26-15)17-8-4-3-5-9-17)14-25-19-11-10-16(7-6-12-23)13-20(19)24-2/h3-13H,14H2,1-2H3. The third-order valence-electron chi connectivity index (χ3n) is 3.83. The van der Waals surface area contributed by atoms with Crippen molar-refractivity contribution >= 4 is 12.4 Å². The highest BCUT2D eigenvalue weighted by molar-refractivity contribution is 5.74. The maximum Gasteiger partial charge on any atom is 0.226 e. The molecule has 0 fully saturated rings. The fourth-order valence-electron chi connectivity index (χ4n) is 2.47. The molecule has 1 aromatic heterocycles. The molecule has 1 heterocycles. The molecule has 132 valence electrons. The molecule has 5 nitrogen and oxygen atoms in total. The zero-order valence-corrected chi connectivity index (χ0v) is 14.6. The Balaban J connectivity index is 1.76. The van der Waals surface area contributed by atoms with E-state index in [0.717, 1.165) is 23.1 Å². The number of aldehydes is 1. The molecule has 0 aliphatic carbocycles. The quantitative estimate of drug-likeness (QED) is 0.466. The first-order chi connectivity index (χ1) is 12.7. The lowest BCUT2D eigenvalue weighted by Gasteiger charge is -2.10. The number of ether oxygens (including phenoxy) is 2. The van der Waals surface area contributed by atoms with Gasteiger partial charge in [0.25, 0.3) is 0 Å². The number of rotatable bonds is 7. The van der Waals surface area contributed by atoms with Gasteiger partial charge in [-0.05, 0) is 42.8 Å². The summed E-state index contributed by atoms with van der Waals surface area (Å²) in [6.07, 6.45) is 3.86. The first-order valence-corrected chi connectivity index (χ1v) is 8.15. The third kappa shape index (κ3) is 4.00. The van der Waals surface area contributed by atoms with E-state index in [0.29, 0.717) is 23.1 Å². The van der Waals surface area contributed by atoms with Crippen molar-refractivity contribution < 1.29 is 18.7 Å². The van der Waals surface area contributed by atoms with E-state index >= 15 is 0 Å². The van der Waals surface area contributed by atoms with E-state index in [1.54, 1.807) is 25.3 Å². The van der Waals surface area contributed by atoms with Crippen LogP contribution in [0.2, 0.25) is 0 Å². The van der Waals surface area contributed by atoms with Crippen molar-refractivity contribution in [3.05, 3.63) is 71.6 Å². The average Bonchev–Trinajstić information content (AvgIpc) is 3.06. The van der Waals surface area contributed by atoms with Crippen LogP contribution in [0, 0.1) is 6.92 Å². The van der Waals surface area contributed by atoms with Crippen LogP contribution in [-0.2, 0) is 11.4 Å². The molecule has 0 saturated carbocycles. The van der Waals surface area contributed by atoms with Gasteiger partial charge in [0.2, 0.25) is 5.89 Å². The third-order valence-corrected chi connectivity index (χ3v) is 3.83. The number of allylic oxidation sites excluding steroid dienone is 1. The average molecular weight is 349 g/mol. The second-order valence-electron chi connectivity index (χ2n) is 5.58. The summed E-state index contributed by atoms with van der Waals surface area (Å²) in [5.74, 6) is 2.47. The van der Waals surface area contributed by atoms with Crippen LogP contribution in [-0.4, -0.2) is 18.4 Å². The molecule has 0 bridgehead atoms. The lowest BCUT2D eigenvalue weighted by molar-refractivity contribution is -0.104. The Morgan fingerprint density at radius 2 is 1.92 bits per heavy atom. The molecule has 0 saturated heterocycles. The molecule has 0 spiro atoms. The smallest absolute Gasteiger partial charge is 0.226 e. The van der Waals surface area contributed by atoms with E-state index in [-0.39, 0.29) is 6.61 Å². The van der Waals surface area contributed by atoms with Gasteiger partial charge >= 0.3 is 0 Å². The summed E-state index contributed by atoms with van der Waals surface area (Å²) >= 11 is 0. The van der Waals surface area contributed by atoms with Gasteiger partial charge in [-0.3, -0.25) is 4.79 Å². The van der Waals surface area contributed by atoms with Gasteiger partial charge in [0.15, 0.2) is 11.5 Å². The van der Waals surface area contributed by atoms with Crippen LogP contribution in [0.25, 0.3) is 17.5 Å². The van der Waals surface area contributed by atoms with E-state index in [1.807, 2.05) is 43.3 Å². The van der Waals surface area contributed by atoms with Gasteiger partial charge in [-0.2, -0.15) is 0 Å². The molecular formula is C21H19NO4. The van der Waals surface area contributed by atoms with Crippen molar-refractivity contribution in [1.29, 1.82) is 0 Å². The summed E-state index contributed by atoms with van der Waals surface area (Å²) in [4.78, 5) is 15.0. The highest BCUT2D eigenvalue weighted by atomic mass is 16.5. The van der Waals surface area contributed by atoms with E-state index in [4.69, 9.17) is 13.9 Å². The Morgan fingerprint density at radius 3 is 2.65 bits per heavy atom. The number of oxazole rings is 1. The maximum atomic E-state index is 10.4. The number of aryl methyl sites for hydroxylation is 1. The highest BCUT2D eigenvalue weighted by Crippen LogP contribution is 2.30. The topological polar surface area (TPSA) is 61.6 Å². The molecule has 0 unspecified atom stereocenters. The van der Waals surface area contributed by atoms with Gasteiger partial charge in [-0.1, -0.05) is 30.3 Å². The zero-order chi connectivity index (χ0) is 18.4. The number of nitrogens with zero attached hydrogens (tertiary/aromatic N) is 1. The van der Waals surface area contributed by atoms with E-state index in [1.165, 1.54) is 6.08 Å². The maximum absolute atomic E-state index is 10.4. The molecule has 0 N–H and O–H groups in total. The minimum atomic E-state index is 0.266. The van der Waals surface area contributed by atoms with Crippen molar-refractivity contribution in [2.45, 2.75) is 13.5 Å². The molecule has 0 radical (unpaired) electrons. The summed E-state index contributed by atoms with van der Waals surface area (Å²) in [6.45, 7) is 2.13. The summed E-state index contributed by atoms with van der Waals surface area (Å²) in [5.41, 5.74) is 2.51. The first kappa shape index (κ1) is 17.5. The molecule has 26 heavy (non-hydrogen) atoms. The monoisotopic (exact) mass is 349 g/mol. The van der Waals surface area contributed by atoms with Gasteiger partial charge in [0, 0.05) is 5.56 Å². The van der Waals surface area contributed by atoms with Crippen LogP contribution in [0.1, 0.15) is 17.0 Å². The lowest BCUT2D eigenvalue weighted by atomic mass is 10.2. The number of hydrogen-bond acceptors (Lipinski definition) is 5. The van der Waals surface area contributed by atoms with Crippen LogP contribution in [0.4, 0.5) is 0 Å². The number of benzene rings is 2. The SMILES string of the molecule is COc1cc(C=CC=O)ccc1OCc1nc(-c2ccccc2)oc1C. The zero-order valence-electron chi connectivity index (χ0n) is 14.6. The van der Waals surface area contributed by atoms with Gasteiger partial charge in [0.05, 0.1) is 7.11 Å². The van der Waals surface area contributed by atoms with Crippen molar-refractivity contribution in [1.82, 2.24) is 4.98 Å². The Morgan fingerprint density at radius 1 is 1.12 bits per heavy atom. The predicted octanol–water partition coefficient (Wildman–Crippen LogP) is 4.45. The van der Waals surface area contributed by atoms with Crippen LogP contribution in [0.15, 0.2) is 59.0 Å². The first-order valence-electron chi connectivity index (χ1n) is 8.15. The van der Waals surface area contributed by atoms with Crippen LogP contribution in [0.5, 0.6) is 11.5 Å². The number of carbonyl (C=O) groups excluding carboxylic acids is 1. The molecule has 3 rings (SSSR count). The van der Waals surface area contributed by atoms with Crippen molar-refractivity contribution in [3.63, 3.8) is 0 Å². The van der Waals surface area contributed by atoms with Crippen LogP contribution in [0.3, 0.4) is 0 Å². The van der Waals surface area contributed by atoms with E-state index in [2.05, 4.69) is 4.98 Å². The summed E-state index contributed by atoms with van der Waals surface area (Å²) in [5, 5.41) is 0.